The maximum Gasteiger partial charge on any atom is 0.416 e. The van der Waals surface area contributed by atoms with Gasteiger partial charge in [0.15, 0.2) is 0 Å². The third-order valence-corrected chi connectivity index (χ3v) is 5.19. The molecule has 0 radical (unpaired) electrons. The topological polar surface area (TPSA) is 30.2 Å². The van der Waals surface area contributed by atoms with Crippen molar-refractivity contribution in [3.8, 4) is 11.3 Å². The molecule has 0 aliphatic rings. The van der Waals surface area contributed by atoms with Crippen molar-refractivity contribution >= 4 is 17.3 Å². The summed E-state index contributed by atoms with van der Waals surface area (Å²) in [5, 5.41) is 5.12. The first-order valence-corrected chi connectivity index (χ1v) is 9.28. The van der Waals surface area contributed by atoms with Gasteiger partial charge in [-0.25, -0.2) is 13.9 Å². The van der Waals surface area contributed by atoms with E-state index in [-0.39, 0.29) is 5.82 Å². The number of rotatable bonds is 4. The zero-order valence-corrected chi connectivity index (χ0v) is 15.1. The number of thioether (sulfide) groups is 1. The van der Waals surface area contributed by atoms with Crippen LogP contribution in [0.1, 0.15) is 11.1 Å². The molecule has 0 amide bonds. The minimum Gasteiger partial charge on any atom is -0.246 e. The van der Waals surface area contributed by atoms with Crippen LogP contribution >= 0.6 is 11.8 Å². The number of hydrogen-bond donors (Lipinski definition) is 0. The van der Waals surface area contributed by atoms with E-state index >= 15 is 0 Å². The lowest BCUT2D eigenvalue weighted by molar-refractivity contribution is -0.137. The zero-order chi connectivity index (χ0) is 19.7. The van der Waals surface area contributed by atoms with E-state index < -0.39 is 11.7 Å². The monoisotopic (exact) mass is 403 g/mol. The molecule has 0 N–H and O–H groups in total. The van der Waals surface area contributed by atoms with Crippen molar-refractivity contribution in [3.63, 3.8) is 0 Å². The molecular formula is C20H13F4N3S. The van der Waals surface area contributed by atoms with E-state index in [0.717, 1.165) is 23.2 Å². The molecule has 2 aromatic carbocycles. The molecule has 142 valence electrons. The summed E-state index contributed by atoms with van der Waals surface area (Å²) in [4.78, 5) is 4.33. The molecule has 0 aliphatic heterocycles. The molecule has 0 fully saturated rings. The first kappa shape index (κ1) is 18.5. The van der Waals surface area contributed by atoms with Gasteiger partial charge in [-0.15, -0.1) is 0 Å². The first-order chi connectivity index (χ1) is 13.4. The van der Waals surface area contributed by atoms with Crippen LogP contribution in [0.4, 0.5) is 17.6 Å². The number of aromatic nitrogens is 3. The molecule has 4 aromatic rings. The maximum absolute atomic E-state index is 13.1. The van der Waals surface area contributed by atoms with E-state index in [1.807, 2.05) is 6.07 Å². The van der Waals surface area contributed by atoms with Crippen molar-refractivity contribution in [1.29, 1.82) is 0 Å². The van der Waals surface area contributed by atoms with Gasteiger partial charge in [-0.3, -0.25) is 0 Å². The van der Waals surface area contributed by atoms with Crippen LogP contribution in [-0.2, 0) is 11.9 Å². The summed E-state index contributed by atoms with van der Waals surface area (Å²) in [6.07, 6.45) is -1.09. The quantitative estimate of drug-likeness (QED) is 0.316. The van der Waals surface area contributed by atoms with Crippen LogP contribution < -0.4 is 0 Å². The van der Waals surface area contributed by atoms with Crippen LogP contribution in [0.15, 0.2) is 72.0 Å². The second-order valence-electron chi connectivity index (χ2n) is 6.09. The van der Waals surface area contributed by atoms with Gasteiger partial charge in [0, 0.05) is 23.7 Å². The molecular weight excluding hydrogens is 390 g/mol. The molecule has 2 aromatic heterocycles. The summed E-state index contributed by atoms with van der Waals surface area (Å²) in [5.74, 6) is 0.0136. The highest BCUT2D eigenvalue weighted by Crippen LogP contribution is 2.32. The van der Waals surface area contributed by atoms with Crippen molar-refractivity contribution in [2.75, 3.05) is 0 Å². The second-order valence-corrected chi connectivity index (χ2v) is 7.05. The zero-order valence-electron chi connectivity index (χ0n) is 14.3. The van der Waals surface area contributed by atoms with Gasteiger partial charge < -0.3 is 0 Å². The molecule has 0 bridgehead atoms. The van der Waals surface area contributed by atoms with E-state index in [2.05, 4.69) is 10.1 Å². The average Bonchev–Trinajstić information content (AvgIpc) is 3.11. The average molecular weight is 403 g/mol. The molecule has 4 rings (SSSR count). The molecule has 28 heavy (non-hydrogen) atoms. The smallest absolute Gasteiger partial charge is 0.246 e. The van der Waals surface area contributed by atoms with Crippen molar-refractivity contribution in [1.82, 2.24) is 14.6 Å². The third kappa shape index (κ3) is 3.87. The SMILES string of the molecule is Fc1ccc(-c2cc3c(SCc4cccc(C(F)(F)F)c4)nccn3n2)cc1. The van der Waals surface area contributed by atoms with E-state index in [1.165, 1.54) is 30.0 Å². The fraction of sp³-hybridized carbons (Fsp3) is 0.100. The van der Waals surface area contributed by atoms with Gasteiger partial charge >= 0.3 is 6.18 Å². The lowest BCUT2D eigenvalue weighted by atomic mass is 10.1. The summed E-state index contributed by atoms with van der Waals surface area (Å²) in [7, 11) is 0. The molecule has 0 atom stereocenters. The van der Waals surface area contributed by atoms with Crippen molar-refractivity contribution < 1.29 is 17.6 Å². The Bertz CT molecular complexity index is 1120. The van der Waals surface area contributed by atoms with Crippen LogP contribution in [0.5, 0.6) is 0 Å². The summed E-state index contributed by atoms with van der Waals surface area (Å²) >= 11 is 1.33. The Labute approximate surface area is 162 Å². The molecule has 0 saturated carbocycles. The van der Waals surface area contributed by atoms with Crippen molar-refractivity contribution in [2.45, 2.75) is 17.0 Å². The lowest BCUT2D eigenvalue weighted by Crippen LogP contribution is -2.04. The Morgan fingerprint density at radius 2 is 1.79 bits per heavy atom. The number of alkyl halides is 3. The first-order valence-electron chi connectivity index (χ1n) is 8.29. The highest BCUT2D eigenvalue weighted by atomic mass is 32.2. The lowest BCUT2D eigenvalue weighted by Gasteiger charge is -2.08. The van der Waals surface area contributed by atoms with Gasteiger partial charge in [0.05, 0.1) is 16.8 Å². The summed E-state index contributed by atoms with van der Waals surface area (Å²) in [5.41, 5.74) is 2.05. The summed E-state index contributed by atoms with van der Waals surface area (Å²) in [6, 6.07) is 13.1. The van der Waals surface area contributed by atoms with Crippen molar-refractivity contribution in [3.05, 3.63) is 83.9 Å². The molecule has 8 heteroatoms. The predicted molar refractivity (Wildman–Crippen MR) is 99.4 cm³/mol. The molecule has 0 aliphatic carbocycles. The van der Waals surface area contributed by atoms with Crippen LogP contribution in [-0.4, -0.2) is 14.6 Å². The predicted octanol–water partition coefficient (Wildman–Crippen LogP) is 5.85. The fourth-order valence-electron chi connectivity index (χ4n) is 2.76. The number of halogens is 4. The van der Waals surface area contributed by atoms with Crippen LogP contribution in [0.3, 0.4) is 0 Å². The molecule has 0 saturated heterocycles. The number of fused-ring (bicyclic) bond motifs is 1. The number of benzene rings is 2. The van der Waals surface area contributed by atoms with Gasteiger partial charge in [0.25, 0.3) is 0 Å². The van der Waals surface area contributed by atoms with E-state index in [4.69, 9.17) is 0 Å². The van der Waals surface area contributed by atoms with Gasteiger partial charge in [0.2, 0.25) is 0 Å². The standard InChI is InChI=1S/C20H13F4N3S/c21-16-6-4-14(5-7-16)17-11-18-19(25-8-9-27(18)26-17)28-12-13-2-1-3-15(10-13)20(22,23)24/h1-11H,12H2. The van der Waals surface area contributed by atoms with E-state index in [0.29, 0.717) is 22.0 Å². The Balaban J connectivity index is 1.60. The largest absolute Gasteiger partial charge is 0.416 e. The normalized spacial score (nSPS) is 11.9. The molecule has 2 heterocycles. The Kier molecular flexibility index (Phi) is 4.80. The third-order valence-electron chi connectivity index (χ3n) is 4.12. The Morgan fingerprint density at radius 3 is 2.54 bits per heavy atom. The summed E-state index contributed by atoms with van der Waals surface area (Å²) < 4.78 is 53.4. The highest BCUT2D eigenvalue weighted by Gasteiger charge is 2.30. The van der Waals surface area contributed by atoms with Gasteiger partial charge in [-0.2, -0.15) is 18.3 Å². The summed E-state index contributed by atoms with van der Waals surface area (Å²) in [6.45, 7) is 0. The number of nitrogens with zero attached hydrogens (tertiary/aromatic N) is 3. The minimum atomic E-state index is -4.37. The van der Waals surface area contributed by atoms with Crippen LogP contribution in [0.25, 0.3) is 16.8 Å². The van der Waals surface area contributed by atoms with Crippen LogP contribution in [0, 0.1) is 5.82 Å². The van der Waals surface area contributed by atoms with Gasteiger partial charge in [0.1, 0.15) is 10.8 Å². The fourth-order valence-corrected chi connectivity index (χ4v) is 3.68. The van der Waals surface area contributed by atoms with E-state index in [9.17, 15) is 17.6 Å². The molecule has 3 nitrogen and oxygen atoms in total. The second kappa shape index (κ2) is 7.27. The highest BCUT2D eigenvalue weighted by molar-refractivity contribution is 7.98. The number of hydrogen-bond acceptors (Lipinski definition) is 3. The molecule has 0 unspecified atom stereocenters. The minimum absolute atomic E-state index is 0.327. The maximum atomic E-state index is 13.1. The molecule has 0 spiro atoms. The van der Waals surface area contributed by atoms with Gasteiger partial charge in [-0.1, -0.05) is 30.0 Å². The van der Waals surface area contributed by atoms with Crippen LogP contribution in [0.2, 0.25) is 0 Å². The Morgan fingerprint density at radius 1 is 1.00 bits per heavy atom. The Hall–Kier alpha value is -2.87. The van der Waals surface area contributed by atoms with E-state index in [1.54, 1.807) is 35.1 Å². The van der Waals surface area contributed by atoms with Gasteiger partial charge in [-0.05, 0) is 42.0 Å². The van der Waals surface area contributed by atoms with Crippen molar-refractivity contribution in [2.24, 2.45) is 0 Å².